The Morgan fingerprint density at radius 3 is 2.86 bits per heavy atom. The minimum absolute atomic E-state index is 0.203. The van der Waals surface area contributed by atoms with Gasteiger partial charge in [0.25, 0.3) is 0 Å². The van der Waals surface area contributed by atoms with Crippen LogP contribution < -0.4 is 5.32 Å². The van der Waals surface area contributed by atoms with Crippen molar-refractivity contribution in [2.75, 3.05) is 13.2 Å². The number of hydrogen-bond donors (Lipinski definition) is 3. The normalized spacial score (nSPS) is 10.4. The zero-order valence-electron chi connectivity index (χ0n) is 7.83. The quantitative estimate of drug-likeness (QED) is 0.705. The van der Waals surface area contributed by atoms with E-state index in [4.69, 9.17) is 5.11 Å². The van der Waals surface area contributed by atoms with E-state index in [1.165, 1.54) is 0 Å². The second-order valence-electron chi connectivity index (χ2n) is 3.03. The number of benzene rings is 1. The standard InChI is InChI=1S/C10H14BrNO2/c11-10-3-2-9(14)6-8(10)7-12-4-1-5-13/h2-3,6,12-14H,1,4-5,7H2. The maximum Gasteiger partial charge on any atom is 0.115 e. The molecule has 0 aliphatic heterocycles. The van der Waals surface area contributed by atoms with Gasteiger partial charge in [-0.05, 0) is 36.7 Å². The van der Waals surface area contributed by atoms with Gasteiger partial charge < -0.3 is 15.5 Å². The second-order valence-corrected chi connectivity index (χ2v) is 3.88. The Kier molecular flexibility index (Phi) is 4.93. The highest BCUT2D eigenvalue weighted by atomic mass is 79.9. The van der Waals surface area contributed by atoms with Gasteiger partial charge in [0.05, 0.1) is 0 Å². The van der Waals surface area contributed by atoms with Crippen molar-refractivity contribution in [1.29, 1.82) is 0 Å². The van der Waals surface area contributed by atoms with Gasteiger partial charge >= 0.3 is 0 Å². The summed E-state index contributed by atoms with van der Waals surface area (Å²) in [6, 6.07) is 5.18. The molecule has 0 radical (unpaired) electrons. The smallest absolute Gasteiger partial charge is 0.115 e. The van der Waals surface area contributed by atoms with Crippen LogP contribution in [-0.4, -0.2) is 23.4 Å². The molecule has 1 aromatic carbocycles. The van der Waals surface area contributed by atoms with Gasteiger partial charge in [-0.15, -0.1) is 0 Å². The van der Waals surface area contributed by atoms with Crippen molar-refractivity contribution in [1.82, 2.24) is 5.32 Å². The van der Waals surface area contributed by atoms with Crippen LogP contribution in [0.15, 0.2) is 22.7 Å². The fourth-order valence-corrected chi connectivity index (χ4v) is 1.51. The van der Waals surface area contributed by atoms with Crippen LogP contribution in [0.25, 0.3) is 0 Å². The van der Waals surface area contributed by atoms with E-state index in [2.05, 4.69) is 21.2 Å². The van der Waals surface area contributed by atoms with Crippen LogP contribution in [0.4, 0.5) is 0 Å². The van der Waals surface area contributed by atoms with Crippen molar-refractivity contribution in [3.05, 3.63) is 28.2 Å². The number of halogens is 1. The number of hydrogen-bond acceptors (Lipinski definition) is 3. The average molecular weight is 260 g/mol. The van der Waals surface area contributed by atoms with Crippen molar-refractivity contribution >= 4 is 15.9 Å². The highest BCUT2D eigenvalue weighted by molar-refractivity contribution is 9.10. The van der Waals surface area contributed by atoms with Crippen LogP contribution in [0.5, 0.6) is 5.75 Å². The van der Waals surface area contributed by atoms with E-state index in [9.17, 15) is 5.11 Å². The van der Waals surface area contributed by atoms with Gasteiger partial charge in [0.2, 0.25) is 0 Å². The zero-order chi connectivity index (χ0) is 10.4. The molecule has 0 saturated heterocycles. The Morgan fingerprint density at radius 2 is 2.14 bits per heavy atom. The number of aromatic hydroxyl groups is 1. The predicted molar refractivity (Wildman–Crippen MR) is 59.2 cm³/mol. The molecule has 4 heteroatoms. The Labute approximate surface area is 91.9 Å². The first-order chi connectivity index (χ1) is 6.74. The SMILES string of the molecule is OCCCNCc1cc(O)ccc1Br. The molecule has 0 bridgehead atoms. The highest BCUT2D eigenvalue weighted by Gasteiger charge is 2.00. The van der Waals surface area contributed by atoms with Crippen LogP contribution >= 0.6 is 15.9 Å². The maximum atomic E-state index is 9.25. The summed E-state index contributed by atoms with van der Waals surface area (Å²) in [4.78, 5) is 0. The van der Waals surface area contributed by atoms with E-state index in [-0.39, 0.29) is 12.4 Å². The zero-order valence-corrected chi connectivity index (χ0v) is 9.42. The summed E-state index contributed by atoms with van der Waals surface area (Å²) in [7, 11) is 0. The summed E-state index contributed by atoms with van der Waals surface area (Å²) in [6.07, 6.45) is 0.746. The summed E-state index contributed by atoms with van der Waals surface area (Å²) in [5, 5.41) is 21.0. The molecule has 0 atom stereocenters. The van der Waals surface area contributed by atoms with Crippen LogP contribution in [0.2, 0.25) is 0 Å². The van der Waals surface area contributed by atoms with Crippen LogP contribution in [0.3, 0.4) is 0 Å². The third-order valence-corrected chi connectivity index (χ3v) is 2.63. The number of phenolic OH excluding ortho intramolecular Hbond substituents is 1. The molecule has 0 aromatic heterocycles. The van der Waals surface area contributed by atoms with Gasteiger partial charge in [-0.2, -0.15) is 0 Å². The van der Waals surface area contributed by atoms with Crippen molar-refractivity contribution < 1.29 is 10.2 Å². The van der Waals surface area contributed by atoms with Crippen LogP contribution in [0.1, 0.15) is 12.0 Å². The Morgan fingerprint density at radius 1 is 1.36 bits per heavy atom. The van der Waals surface area contributed by atoms with Crippen molar-refractivity contribution in [3.8, 4) is 5.75 Å². The number of aliphatic hydroxyl groups excluding tert-OH is 1. The molecule has 0 fully saturated rings. The molecular weight excluding hydrogens is 246 g/mol. The Hall–Kier alpha value is -0.580. The van der Waals surface area contributed by atoms with Gasteiger partial charge in [-0.25, -0.2) is 0 Å². The predicted octanol–water partition coefficient (Wildman–Crippen LogP) is 1.63. The number of rotatable bonds is 5. The molecule has 1 rings (SSSR count). The first kappa shape index (κ1) is 11.5. The van der Waals surface area contributed by atoms with Gasteiger partial charge in [-0.3, -0.25) is 0 Å². The molecule has 0 amide bonds. The third-order valence-electron chi connectivity index (χ3n) is 1.86. The molecule has 3 nitrogen and oxygen atoms in total. The lowest BCUT2D eigenvalue weighted by Crippen LogP contribution is -2.15. The third kappa shape index (κ3) is 3.65. The number of phenols is 1. The first-order valence-corrected chi connectivity index (χ1v) is 5.32. The van der Waals surface area contributed by atoms with Gasteiger partial charge in [0, 0.05) is 17.6 Å². The fraction of sp³-hybridized carbons (Fsp3) is 0.400. The van der Waals surface area contributed by atoms with E-state index in [1.54, 1.807) is 12.1 Å². The number of nitrogens with one attached hydrogen (secondary N) is 1. The lowest BCUT2D eigenvalue weighted by Gasteiger charge is -2.06. The summed E-state index contributed by atoms with van der Waals surface area (Å²) >= 11 is 3.40. The lowest BCUT2D eigenvalue weighted by atomic mass is 10.2. The lowest BCUT2D eigenvalue weighted by molar-refractivity contribution is 0.286. The van der Waals surface area contributed by atoms with Gasteiger partial charge in [0.1, 0.15) is 5.75 Å². The molecule has 0 heterocycles. The van der Waals surface area contributed by atoms with E-state index in [0.29, 0.717) is 6.54 Å². The average Bonchev–Trinajstić information content (AvgIpc) is 2.18. The van der Waals surface area contributed by atoms with Crippen LogP contribution in [0, 0.1) is 0 Å². The van der Waals surface area contributed by atoms with Crippen molar-refractivity contribution in [2.24, 2.45) is 0 Å². The molecule has 78 valence electrons. The van der Waals surface area contributed by atoms with Gasteiger partial charge in [0.15, 0.2) is 0 Å². The fourth-order valence-electron chi connectivity index (χ4n) is 1.12. The number of aliphatic hydroxyl groups is 1. The van der Waals surface area contributed by atoms with E-state index < -0.39 is 0 Å². The Bertz CT molecular complexity index is 291. The molecule has 0 aliphatic carbocycles. The molecule has 0 spiro atoms. The van der Waals surface area contributed by atoms with Crippen molar-refractivity contribution in [3.63, 3.8) is 0 Å². The topological polar surface area (TPSA) is 52.5 Å². The van der Waals surface area contributed by atoms with E-state index in [1.807, 2.05) is 6.07 Å². The highest BCUT2D eigenvalue weighted by Crippen LogP contribution is 2.21. The van der Waals surface area contributed by atoms with E-state index >= 15 is 0 Å². The Balaban J connectivity index is 2.45. The van der Waals surface area contributed by atoms with Gasteiger partial charge in [-0.1, -0.05) is 15.9 Å². The first-order valence-electron chi connectivity index (χ1n) is 4.53. The summed E-state index contributed by atoms with van der Waals surface area (Å²) in [5.41, 5.74) is 1.02. The molecule has 0 aliphatic rings. The minimum atomic E-state index is 0.203. The molecule has 14 heavy (non-hydrogen) atoms. The molecule has 0 saturated carbocycles. The summed E-state index contributed by atoms with van der Waals surface area (Å²) in [6.45, 7) is 1.67. The summed E-state index contributed by atoms with van der Waals surface area (Å²) < 4.78 is 0.979. The second kappa shape index (κ2) is 6.01. The minimum Gasteiger partial charge on any atom is -0.508 e. The molecule has 3 N–H and O–H groups in total. The molecular formula is C10H14BrNO2. The molecule has 1 aromatic rings. The van der Waals surface area contributed by atoms with Crippen LogP contribution in [-0.2, 0) is 6.54 Å². The largest absolute Gasteiger partial charge is 0.508 e. The maximum absolute atomic E-state index is 9.25. The van der Waals surface area contributed by atoms with E-state index in [0.717, 1.165) is 23.0 Å². The summed E-state index contributed by atoms with van der Waals surface area (Å²) in [5.74, 6) is 0.271. The molecule has 0 unspecified atom stereocenters. The van der Waals surface area contributed by atoms with Crippen molar-refractivity contribution in [2.45, 2.75) is 13.0 Å². The monoisotopic (exact) mass is 259 g/mol.